The van der Waals surface area contributed by atoms with Crippen LogP contribution >= 0.6 is 0 Å². The molecular weight excluding hydrogens is 116 g/mol. The van der Waals surface area contributed by atoms with Crippen LogP contribution in [0.5, 0.6) is 0 Å². The molecule has 9 heavy (non-hydrogen) atoms. The summed E-state index contributed by atoms with van der Waals surface area (Å²) < 4.78 is 0. The van der Waals surface area contributed by atoms with Crippen molar-refractivity contribution in [2.45, 2.75) is 6.92 Å². The van der Waals surface area contributed by atoms with Gasteiger partial charge in [-0.3, -0.25) is 0 Å². The molecule has 0 amide bonds. The first kappa shape index (κ1) is 5.88. The molecule has 48 valence electrons. The van der Waals surface area contributed by atoms with Crippen LogP contribution in [0.2, 0.25) is 0 Å². The van der Waals surface area contributed by atoms with Crippen molar-refractivity contribution in [2.24, 2.45) is 5.16 Å². The van der Waals surface area contributed by atoms with Crippen LogP contribution in [0, 0.1) is 0 Å². The van der Waals surface area contributed by atoms with E-state index in [0.29, 0.717) is 5.71 Å². The highest BCUT2D eigenvalue weighted by Gasteiger charge is 1.94. The van der Waals surface area contributed by atoms with Gasteiger partial charge in [0.2, 0.25) is 0 Å². The number of hydrogen-bond donors (Lipinski definition) is 2. The molecule has 0 aliphatic carbocycles. The maximum Gasteiger partial charge on any atom is 0.0998 e. The monoisotopic (exact) mass is 124 g/mol. The van der Waals surface area contributed by atoms with E-state index in [9.17, 15) is 0 Å². The van der Waals surface area contributed by atoms with E-state index in [4.69, 9.17) is 5.21 Å². The van der Waals surface area contributed by atoms with Crippen molar-refractivity contribution in [3.05, 3.63) is 24.0 Å². The molecule has 1 aromatic rings. The molecule has 0 fully saturated rings. The predicted molar refractivity (Wildman–Crippen MR) is 34.8 cm³/mol. The number of aromatic nitrogens is 1. The van der Waals surface area contributed by atoms with Gasteiger partial charge in [0, 0.05) is 6.20 Å². The smallest absolute Gasteiger partial charge is 0.0998 e. The maximum absolute atomic E-state index is 8.27. The highest BCUT2D eigenvalue weighted by Crippen LogP contribution is 1.95. The second kappa shape index (κ2) is 2.35. The number of aromatic amines is 1. The van der Waals surface area contributed by atoms with Crippen LogP contribution in [-0.4, -0.2) is 15.9 Å². The molecule has 0 radical (unpaired) electrons. The van der Waals surface area contributed by atoms with Crippen LogP contribution in [0.25, 0.3) is 0 Å². The molecule has 0 saturated heterocycles. The standard InChI is InChI=1S/C6H8N2O/c1-5(8-9)6-3-2-4-7-6/h2-4,7,9H,1H3/b8-5-. The molecule has 1 heterocycles. The van der Waals surface area contributed by atoms with E-state index in [1.54, 1.807) is 13.1 Å². The van der Waals surface area contributed by atoms with E-state index in [0.717, 1.165) is 5.69 Å². The first-order chi connectivity index (χ1) is 4.34. The Morgan fingerprint density at radius 1 is 1.78 bits per heavy atom. The van der Waals surface area contributed by atoms with Gasteiger partial charge in [-0.15, -0.1) is 0 Å². The van der Waals surface area contributed by atoms with Crippen molar-refractivity contribution in [3.63, 3.8) is 0 Å². The third-order valence-corrected chi connectivity index (χ3v) is 1.14. The first-order valence-electron chi connectivity index (χ1n) is 2.67. The average Bonchev–Trinajstić information content (AvgIpc) is 2.37. The van der Waals surface area contributed by atoms with Crippen molar-refractivity contribution in [3.8, 4) is 0 Å². The quantitative estimate of drug-likeness (QED) is 0.330. The molecule has 1 rings (SSSR count). The summed E-state index contributed by atoms with van der Waals surface area (Å²) in [6.45, 7) is 1.73. The molecule has 0 saturated carbocycles. The van der Waals surface area contributed by atoms with Gasteiger partial charge in [0.1, 0.15) is 0 Å². The van der Waals surface area contributed by atoms with Crippen molar-refractivity contribution in [1.29, 1.82) is 0 Å². The van der Waals surface area contributed by atoms with Gasteiger partial charge in [-0.2, -0.15) is 0 Å². The summed E-state index contributed by atoms with van der Waals surface area (Å²) in [7, 11) is 0. The minimum absolute atomic E-state index is 0.597. The molecule has 0 unspecified atom stereocenters. The lowest BCUT2D eigenvalue weighted by molar-refractivity contribution is 0.319. The molecule has 0 aromatic carbocycles. The number of nitrogens with one attached hydrogen (secondary N) is 1. The molecule has 3 heteroatoms. The van der Waals surface area contributed by atoms with Crippen LogP contribution < -0.4 is 0 Å². The molecule has 0 atom stereocenters. The Hall–Kier alpha value is -1.25. The molecular formula is C6H8N2O. The Labute approximate surface area is 53.0 Å². The largest absolute Gasteiger partial charge is 0.411 e. The number of oxime groups is 1. The van der Waals surface area contributed by atoms with Crippen molar-refractivity contribution < 1.29 is 5.21 Å². The summed E-state index contributed by atoms with van der Waals surface area (Å²) in [6.07, 6.45) is 1.78. The van der Waals surface area contributed by atoms with Crippen molar-refractivity contribution in [1.82, 2.24) is 4.98 Å². The van der Waals surface area contributed by atoms with Crippen molar-refractivity contribution in [2.75, 3.05) is 0 Å². The topological polar surface area (TPSA) is 48.4 Å². The second-order valence-corrected chi connectivity index (χ2v) is 1.77. The second-order valence-electron chi connectivity index (χ2n) is 1.77. The maximum atomic E-state index is 8.27. The SMILES string of the molecule is C/C(=N/O)c1ccc[nH]1. The molecule has 3 nitrogen and oxygen atoms in total. The minimum Gasteiger partial charge on any atom is -0.411 e. The molecule has 0 aliphatic rings. The van der Waals surface area contributed by atoms with Crippen molar-refractivity contribution >= 4 is 5.71 Å². The van der Waals surface area contributed by atoms with Gasteiger partial charge in [0.25, 0.3) is 0 Å². The number of rotatable bonds is 1. The van der Waals surface area contributed by atoms with Gasteiger partial charge in [-0.25, -0.2) is 0 Å². The average molecular weight is 124 g/mol. The zero-order chi connectivity index (χ0) is 6.69. The number of H-pyrrole nitrogens is 1. The van der Waals surface area contributed by atoms with E-state index >= 15 is 0 Å². The minimum atomic E-state index is 0.597. The Kier molecular flexibility index (Phi) is 1.53. The van der Waals surface area contributed by atoms with Crippen LogP contribution in [0.1, 0.15) is 12.6 Å². The normalized spacial score (nSPS) is 11.9. The lowest BCUT2D eigenvalue weighted by Gasteiger charge is -1.88. The summed E-state index contributed by atoms with van der Waals surface area (Å²) >= 11 is 0. The fourth-order valence-electron chi connectivity index (χ4n) is 0.609. The Morgan fingerprint density at radius 2 is 2.56 bits per heavy atom. The fourth-order valence-corrected chi connectivity index (χ4v) is 0.609. The molecule has 0 aliphatic heterocycles. The molecule has 0 spiro atoms. The zero-order valence-corrected chi connectivity index (χ0v) is 5.13. The van der Waals surface area contributed by atoms with Crippen LogP contribution in [0.15, 0.2) is 23.5 Å². The van der Waals surface area contributed by atoms with Gasteiger partial charge < -0.3 is 10.2 Å². The van der Waals surface area contributed by atoms with Gasteiger partial charge in [-0.05, 0) is 19.1 Å². The summed E-state index contributed by atoms with van der Waals surface area (Å²) in [6, 6.07) is 3.69. The lowest BCUT2D eigenvalue weighted by Crippen LogP contribution is -1.92. The summed E-state index contributed by atoms with van der Waals surface area (Å²) in [5, 5.41) is 11.3. The zero-order valence-electron chi connectivity index (χ0n) is 5.13. The number of hydrogen-bond acceptors (Lipinski definition) is 2. The highest BCUT2D eigenvalue weighted by atomic mass is 16.4. The molecule has 0 bridgehead atoms. The van der Waals surface area contributed by atoms with Gasteiger partial charge in [0.05, 0.1) is 11.4 Å². The lowest BCUT2D eigenvalue weighted by atomic mass is 10.3. The third kappa shape index (κ3) is 1.10. The van der Waals surface area contributed by atoms with E-state index in [2.05, 4.69) is 10.1 Å². The van der Waals surface area contributed by atoms with E-state index in [-0.39, 0.29) is 0 Å². The highest BCUT2D eigenvalue weighted by molar-refractivity contribution is 5.96. The predicted octanol–water partition coefficient (Wildman–Crippen LogP) is 1.21. The van der Waals surface area contributed by atoms with E-state index in [1.165, 1.54) is 0 Å². The van der Waals surface area contributed by atoms with Gasteiger partial charge >= 0.3 is 0 Å². The molecule has 2 N–H and O–H groups in total. The first-order valence-corrected chi connectivity index (χ1v) is 2.67. The van der Waals surface area contributed by atoms with Gasteiger partial charge in [0.15, 0.2) is 0 Å². The van der Waals surface area contributed by atoms with Crippen LogP contribution in [-0.2, 0) is 0 Å². The van der Waals surface area contributed by atoms with E-state index in [1.807, 2.05) is 12.1 Å². The van der Waals surface area contributed by atoms with E-state index < -0.39 is 0 Å². The number of nitrogens with zero attached hydrogens (tertiary/aromatic N) is 1. The Morgan fingerprint density at radius 3 is 3.00 bits per heavy atom. The third-order valence-electron chi connectivity index (χ3n) is 1.14. The Balaban J connectivity index is 2.90. The Bertz CT molecular complexity index is 201. The fraction of sp³-hybridized carbons (Fsp3) is 0.167. The van der Waals surface area contributed by atoms with Crippen LogP contribution in [0.3, 0.4) is 0 Å². The summed E-state index contributed by atoms with van der Waals surface area (Å²) in [4.78, 5) is 2.90. The van der Waals surface area contributed by atoms with Gasteiger partial charge in [-0.1, -0.05) is 5.16 Å². The molecule has 1 aromatic heterocycles. The summed E-state index contributed by atoms with van der Waals surface area (Å²) in [5.74, 6) is 0. The van der Waals surface area contributed by atoms with Crippen LogP contribution in [0.4, 0.5) is 0 Å². The summed E-state index contributed by atoms with van der Waals surface area (Å²) in [5.41, 5.74) is 1.44.